The van der Waals surface area contributed by atoms with Gasteiger partial charge < -0.3 is 10.1 Å². The number of carbonyl (C=O) groups is 1. The van der Waals surface area contributed by atoms with Crippen molar-refractivity contribution >= 4 is 23.3 Å². The molecule has 2 aromatic rings. The third-order valence-electron chi connectivity index (χ3n) is 2.76. The number of aryl methyl sites for hydroxylation is 1. The molecule has 1 aromatic carbocycles. The van der Waals surface area contributed by atoms with Gasteiger partial charge in [-0.15, -0.1) is 0 Å². The Kier molecular flexibility index (Phi) is 4.63. The number of rotatable bonds is 5. The van der Waals surface area contributed by atoms with Crippen molar-refractivity contribution < 1.29 is 9.53 Å². The number of benzene rings is 1. The average Bonchev–Trinajstić information content (AvgIpc) is 2.89. The van der Waals surface area contributed by atoms with Gasteiger partial charge in [0.25, 0.3) is 5.91 Å². The zero-order valence-corrected chi connectivity index (χ0v) is 12.1. The van der Waals surface area contributed by atoms with Crippen LogP contribution in [0.2, 0.25) is 5.02 Å². The number of halogens is 1. The van der Waals surface area contributed by atoms with Crippen LogP contribution in [0.1, 0.15) is 19.5 Å². The van der Waals surface area contributed by atoms with Crippen LogP contribution in [0, 0.1) is 0 Å². The number of anilines is 1. The number of carbonyl (C=O) groups excluding carboxylic acids is 1. The lowest BCUT2D eigenvalue weighted by atomic mass is 10.3. The number of nitrogens with one attached hydrogen (secondary N) is 2. The second-order valence-corrected chi connectivity index (χ2v) is 4.77. The Morgan fingerprint density at radius 2 is 2.15 bits per heavy atom. The Hall–Kier alpha value is -2.01. The Morgan fingerprint density at radius 1 is 1.45 bits per heavy atom. The number of aromatic nitrogens is 2. The minimum absolute atomic E-state index is 0.255. The molecule has 1 atom stereocenters. The van der Waals surface area contributed by atoms with Crippen molar-refractivity contribution in [2.24, 2.45) is 0 Å². The molecule has 20 heavy (non-hydrogen) atoms. The first kappa shape index (κ1) is 14.4. The molecule has 1 heterocycles. The van der Waals surface area contributed by atoms with Gasteiger partial charge in [-0.1, -0.05) is 18.5 Å². The first-order valence-corrected chi connectivity index (χ1v) is 6.73. The largest absolute Gasteiger partial charge is 0.481 e. The van der Waals surface area contributed by atoms with E-state index in [1.165, 1.54) is 0 Å². The summed E-state index contributed by atoms with van der Waals surface area (Å²) in [5, 5.41) is 10.2. The number of hydrogen-bond donors (Lipinski definition) is 2. The van der Waals surface area contributed by atoms with Crippen LogP contribution in [-0.4, -0.2) is 22.2 Å². The molecule has 0 bridgehead atoms. The van der Waals surface area contributed by atoms with Gasteiger partial charge in [0, 0.05) is 16.8 Å². The first-order chi connectivity index (χ1) is 9.58. The van der Waals surface area contributed by atoms with Crippen LogP contribution >= 0.6 is 11.6 Å². The zero-order chi connectivity index (χ0) is 14.5. The quantitative estimate of drug-likeness (QED) is 0.890. The van der Waals surface area contributed by atoms with E-state index in [9.17, 15) is 4.79 Å². The summed E-state index contributed by atoms with van der Waals surface area (Å²) in [6, 6.07) is 8.66. The van der Waals surface area contributed by atoms with Crippen LogP contribution in [0.4, 0.5) is 5.82 Å². The van der Waals surface area contributed by atoms with Gasteiger partial charge in [-0.25, -0.2) is 0 Å². The summed E-state index contributed by atoms with van der Waals surface area (Å²) in [5.41, 5.74) is 0.964. The van der Waals surface area contributed by atoms with Gasteiger partial charge in [-0.3, -0.25) is 9.89 Å². The highest BCUT2D eigenvalue weighted by atomic mass is 35.5. The fraction of sp³-hybridized carbons (Fsp3) is 0.286. The minimum Gasteiger partial charge on any atom is -0.481 e. The monoisotopic (exact) mass is 293 g/mol. The molecule has 5 nitrogen and oxygen atoms in total. The highest BCUT2D eigenvalue weighted by Crippen LogP contribution is 2.17. The van der Waals surface area contributed by atoms with E-state index in [2.05, 4.69) is 15.5 Å². The van der Waals surface area contributed by atoms with E-state index >= 15 is 0 Å². The smallest absolute Gasteiger partial charge is 0.266 e. The molecule has 0 aliphatic heterocycles. The fourth-order valence-electron chi connectivity index (χ4n) is 1.61. The maximum atomic E-state index is 12.0. The van der Waals surface area contributed by atoms with Gasteiger partial charge in [0.1, 0.15) is 5.75 Å². The molecule has 1 amide bonds. The Morgan fingerprint density at radius 3 is 2.75 bits per heavy atom. The van der Waals surface area contributed by atoms with E-state index in [0.29, 0.717) is 16.6 Å². The topological polar surface area (TPSA) is 67.0 Å². The summed E-state index contributed by atoms with van der Waals surface area (Å²) < 4.78 is 5.53. The summed E-state index contributed by atoms with van der Waals surface area (Å²) in [5.74, 6) is 0.834. The molecule has 0 radical (unpaired) electrons. The molecule has 0 fully saturated rings. The number of amides is 1. The number of ether oxygens (including phenoxy) is 1. The Labute approximate surface area is 122 Å². The minimum atomic E-state index is -0.627. The SMILES string of the molecule is CCc1cc(NC(=O)C(C)Oc2ccc(Cl)cc2)n[nH]1. The fourth-order valence-corrected chi connectivity index (χ4v) is 1.73. The molecule has 0 aliphatic carbocycles. The maximum absolute atomic E-state index is 12.0. The Bertz CT molecular complexity index is 580. The van der Waals surface area contributed by atoms with Crippen LogP contribution in [0.15, 0.2) is 30.3 Å². The van der Waals surface area contributed by atoms with E-state index < -0.39 is 6.10 Å². The molecule has 0 saturated carbocycles. The molecule has 0 spiro atoms. The van der Waals surface area contributed by atoms with Crippen molar-refractivity contribution in [3.8, 4) is 5.75 Å². The van der Waals surface area contributed by atoms with E-state index in [1.54, 1.807) is 37.3 Å². The van der Waals surface area contributed by atoms with Crippen LogP contribution in [0.3, 0.4) is 0 Å². The van der Waals surface area contributed by atoms with Gasteiger partial charge in [-0.2, -0.15) is 5.10 Å². The van der Waals surface area contributed by atoms with Crippen molar-refractivity contribution in [3.63, 3.8) is 0 Å². The van der Waals surface area contributed by atoms with E-state index in [0.717, 1.165) is 12.1 Å². The average molecular weight is 294 g/mol. The summed E-state index contributed by atoms with van der Waals surface area (Å²) >= 11 is 5.79. The first-order valence-electron chi connectivity index (χ1n) is 6.36. The number of H-pyrrole nitrogens is 1. The standard InChI is InChI=1S/C14H16ClN3O2/c1-3-11-8-13(18-17-11)16-14(19)9(2)20-12-6-4-10(15)5-7-12/h4-9H,3H2,1-2H3,(H2,16,17,18,19). The van der Waals surface area contributed by atoms with Gasteiger partial charge >= 0.3 is 0 Å². The lowest BCUT2D eigenvalue weighted by Gasteiger charge is -2.13. The van der Waals surface area contributed by atoms with Gasteiger partial charge in [-0.05, 0) is 37.6 Å². The Balaban J connectivity index is 1.93. The molecule has 2 N–H and O–H groups in total. The molecule has 106 valence electrons. The highest BCUT2D eigenvalue weighted by Gasteiger charge is 2.16. The third-order valence-corrected chi connectivity index (χ3v) is 3.01. The van der Waals surface area contributed by atoms with Gasteiger partial charge in [0.2, 0.25) is 0 Å². The molecule has 6 heteroatoms. The lowest BCUT2D eigenvalue weighted by Crippen LogP contribution is -2.30. The van der Waals surface area contributed by atoms with Gasteiger partial charge in [0.05, 0.1) is 0 Å². The number of hydrogen-bond acceptors (Lipinski definition) is 3. The molecule has 0 saturated heterocycles. The number of aromatic amines is 1. The molecule has 1 unspecified atom stereocenters. The predicted molar refractivity (Wildman–Crippen MR) is 78.1 cm³/mol. The highest BCUT2D eigenvalue weighted by molar-refractivity contribution is 6.30. The van der Waals surface area contributed by atoms with E-state index in [1.807, 2.05) is 6.92 Å². The van der Waals surface area contributed by atoms with Crippen LogP contribution in [0.25, 0.3) is 0 Å². The van der Waals surface area contributed by atoms with Crippen molar-refractivity contribution in [3.05, 3.63) is 41.0 Å². The number of nitrogens with zero attached hydrogens (tertiary/aromatic N) is 1. The van der Waals surface area contributed by atoms with Crippen molar-refractivity contribution in [2.45, 2.75) is 26.4 Å². The molecule has 0 aliphatic rings. The third kappa shape index (κ3) is 3.74. The van der Waals surface area contributed by atoms with Crippen LogP contribution < -0.4 is 10.1 Å². The maximum Gasteiger partial charge on any atom is 0.266 e. The van der Waals surface area contributed by atoms with Crippen LogP contribution in [-0.2, 0) is 11.2 Å². The summed E-state index contributed by atoms with van der Waals surface area (Å²) in [4.78, 5) is 12.0. The predicted octanol–water partition coefficient (Wildman–Crippen LogP) is 3.03. The van der Waals surface area contributed by atoms with Gasteiger partial charge in [0.15, 0.2) is 11.9 Å². The zero-order valence-electron chi connectivity index (χ0n) is 11.3. The molecule has 1 aromatic heterocycles. The molecular formula is C14H16ClN3O2. The summed E-state index contributed by atoms with van der Waals surface area (Å²) in [6.07, 6.45) is 0.206. The van der Waals surface area contributed by atoms with Crippen molar-refractivity contribution in [1.82, 2.24) is 10.2 Å². The van der Waals surface area contributed by atoms with Crippen molar-refractivity contribution in [1.29, 1.82) is 0 Å². The lowest BCUT2D eigenvalue weighted by molar-refractivity contribution is -0.122. The summed E-state index contributed by atoms with van der Waals surface area (Å²) in [7, 11) is 0. The van der Waals surface area contributed by atoms with E-state index in [4.69, 9.17) is 16.3 Å². The van der Waals surface area contributed by atoms with E-state index in [-0.39, 0.29) is 5.91 Å². The van der Waals surface area contributed by atoms with Crippen LogP contribution in [0.5, 0.6) is 5.75 Å². The molecule has 2 rings (SSSR count). The molecular weight excluding hydrogens is 278 g/mol. The normalized spacial score (nSPS) is 11.9. The second-order valence-electron chi connectivity index (χ2n) is 4.34. The second kappa shape index (κ2) is 6.43. The van der Waals surface area contributed by atoms with Crippen molar-refractivity contribution in [2.75, 3.05) is 5.32 Å². The summed E-state index contributed by atoms with van der Waals surface area (Å²) in [6.45, 7) is 3.68.